The average molecular weight is 338 g/mol. The maximum atomic E-state index is 5.65. The summed E-state index contributed by atoms with van der Waals surface area (Å²) in [7, 11) is 1.62. The molecule has 5 heteroatoms. The standard InChI is InChI=1S/C11H14NO2.BrH.Zn/c1-13-11-8-9(5-6-12-11)10-4-2-3-7-14-10;;/h2,5-6,8,10H,3-4,7H2,1H3;1H;/q-1;;+2/p-1. The van der Waals surface area contributed by atoms with Gasteiger partial charge in [0, 0.05) is 18.9 Å². The van der Waals surface area contributed by atoms with Crippen LogP contribution in [0, 0.1) is 6.42 Å². The molecule has 0 saturated carbocycles. The number of rotatable bonds is 2. The topological polar surface area (TPSA) is 31.4 Å². The summed E-state index contributed by atoms with van der Waals surface area (Å²) in [6.07, 6.45) is 6.24. The van der Waals surface area contributed by atoms with Crippen molar-refractivity contribution in [3.63, 3.8) is 0 Å². The van der Waals surface area contributed by atoms with Gasteiger partial charge in [0.2, 0.25) is 5.88 Å². The molecule has 16 heavy (non-hydrogen) atoms. The molecule has 3 nitrogen and oxygen atoms in total. The zero-order valence-electron chi connectivity index (χ0n) is 9.36. The Morgan fingerprint density at radius 1 is 1.56 bits per heavy atom. The molecule has 0 bridgehead atoms. The average Bonchev–Trinajstić information content (AvgIpc) is 2.30. The number of methoxy groups -OCH3 is 1. The number of pyridine rings is 1. The smallest absolute Gasteiger partial charge is 1.00 e. The number of aromatic nitrogens is 1. The van der Waals surface area contributed by atoms with Crippen LogP contribution in [-0.4, -0.2) is 18.7 Å². The van der Waals surface area contributed by atoms with Crippen LogP contribution in [0.5, 0.6) is 5.88 Å². The molecule has 2 rings (SSSR count). The summed E-state index contributed by atoms with van der Waals surface area (Å²) in [5.74, 6) is 0.650. The SMILES string of the molecule is COc1cc(C2C[CH-]CCO2)ccn1.[Br-].[Zn+2]. The predicted octanol–water partition coefficient (Wildman–Crippen LogP) is -0.853. The van der Waals surface area contributed by atoms with Gasteiger partial charge in [-0.3, -0.25) is 0 Å². The Kier molecular flexibility index (Phi) is 8.16. The molecule has 1 aliphatic rings. The van der Waals surface area contributed by atoms with Crippen molar-refractivity contribution in [3.8, 4) is 5.88 Å². The molecule has 1 aromatic heterocycles. The van der Waals surface area contributed by atoms with Crippen LogP contribution in [0.2, 0.25) is 0 Å². The second kappa shape index (κ2) is 8.16. The van der Waals surface area contributed by atoms with Crippen LogP contribution in [0.3, 0.4) is 0 Å². The fourth-order valence-electron chi connectivity index (χ4n) is 1.60. The monoisotopic (exact) mass is 335 g/mol. The summed E-state index contributed by atoms with van der Waals surface area (Å²) < 4.78 is 10.7. The molecular weight excluding hydrogens is 323 g/mol. The summed E-state index contributed by atoms with van der Waals surface area (Å²) in [5.41, 5.74) is 1.15. The number of halogens is 1. The van der Waals surface area contributed by atoms with Crippen molar-refractivity contribution in [3.05, 3.63) is 30.3 Å². The molecule has 1 aromatic rings. The van der Waals surface area contributed by atoms with Gasteiger partial charge >= 0.3 is 19.5 Å². The Balaban J connectivity index is 0.00000112. The first-order valence-electron chi connectivity index (χ1n) is 4.83. The molecule has 0 aliphatic carbocycles. The third-order valence-corrected chi connectivity index (χ3v) is 2.36. The fraction of sp³-hybridized carbons (Fsp3) is 0.455. The maximum absolute atomic E-state index is 5.65. The van der Waals surface area contributed by atoms with Crippen LogP contribution in [-0.2, 0) is 24.2 Å². The summed E-state index contributed by atoms with van der Waals surface area (Å²) in [5, 5.41) is 0. The van der Waals surface area contributed by atoms with Gasteiger partial charge in [0.05, 0.1) is 13.2 Å². The van der Waals surface area contributed by atoms with Crippen LogP contribution in [0.1, 0.15) is 24.5 Å². The first-order chi connectivity index (χ1) is 6.90. The Bertz CT molecular complexity index is 306. The van der Waals surface area contributed by atoms with E-state index in [1.807, 2.05) is 12.1 Å². The molecular formula is C11H14BrNO2Zn. The van der Waals surface area contributed by atoms with Gasteiger partial charge in [-0.2, -0.15) is 6.42 Å². The van der Waals surface area contributed by atoms with Crippen LogP contribution < -0.4 is 21.7 Å². The van der Waals surface area contributed by atoms with E-state index in [-0.39, 0.29) is 42.6 Å². The van der Waals surface area contributed by atoms with Crippen molar-refractivity contribution in [2.45, 2.75) is 18.9 Å². The van der Waals surface area contributed by atoms with Crippen molar-refractivity contribution >= 4 is 0 Å². The van der Waals surface area contributed by atoms with Crippen LogP contribution in [0.4, 0.5) is 0 Å². The van der Waals surface area contributed by atoms with E-state index in [0.717, 1.165) is 25.0 Å². The van der Waals surface area contributed by atoms with Gasteiger partial charge in [0.25, 0.3) is 0 Å². The third-order valence-electron chi connectivity index (χ3n) is 2.36. The van der Waals surface area contributed by atoms with E-state index >= 15 is 0 Å². The van der Waals surface area contributed by atoms with E-state index in [2.05, 4.69) is 11.4 Å². The van der Waals surface area contributed by atoms with Gasteiger partial charge in [-0.1, -0.05) is 0 Å². The van der Waals surface area contributed by atoms with E-state index in [0.29, 0.717) is 5.88 Å². The molecule has 84 valence electrons. The Morgan fingerprint density at radius 3 is 3.00 bits per heavy atom. The zero-order valence-corrected chi connectivity index (χ0v) is 13.9. The van der Waals surface area contributed by atoms with Crippen LogP contribution in [0.25, 0.3) is 0 Å². The summed E-state index contributed by atoms with van der Waals surface area (Å²) in [6.45, 7) is 0.815. The molecule has 0 radical (unpaired) electrons. The molecule has 0 N–H and O–H groups in total. The second-order valence-electron chi connectivity index (χ2n) is 3.30. The van der Waals surface area contributed by atoms with Gasteiger partial charge in [0.15, 0.2) is 0 Å². The predicted molar refractivity (Wildman–Crippen MR) is 53.0 cm³/mol. The van der Waals surface area contributed by atoms with E-state index in [1.165, 1.54) is 0 Å². The molecule has 1 fully saturated rings. The van der Waals surface area contributed by atoms with Crippen molar-refractivity contribution in [1.29, 1.82) is 0 Å². The van der Waals surface area contributed by atoms with Gasteiger partial charge < -0.3 is 32.9 Å². The molecule has 1 aliphatic heterocycles. The largest absolute Gasteiger partial charge is 2.00 e. The Labute approximate surface area is 119 Å². The molecule has 0 spiro atoms. The second-order valence-corrected chi connectivity index (χ2v) is 3.30. The van der Waals surface area contributed by atoms with Crippen molar-refractivity contribution in [1.82, 2.24) is 4.98 Å². The van der Waals surface area contributed by atoms with Gasteiger partial charge in [-0.05, 0) is 11.6 Å². The van der Waals surface area contributed by atoms with Gasteiger partial charge in [-0.15, -0.1) is 6.42 Å². The van der Waals surface area contributed by atoms with E-state index < -0.39 is 0 Å². The van der Waals surface area contributed by atoms with Crippen LogP contribution >= 0.6 is 0 Å². The quantitative estimate of drug-likeness (QED) is 0.520. The summed E-state index contributed by atoms with van der Waals surface area (Å²) in [4.78, 5) is 4.06. The minimum Gasteiger partial charge on any atom is -1.00 e. The molecule has 2 heterocycles. The minimum absolute atomic E-state index is 0. The zero-order chi connectivity index (χ0) is 9.80. The molecule has 0 aromatic carbocycles. The molecule has 0 amide bonds. The minimum atomic E-state index is 0. The normalized spacial score (nSPS) is 19.2. The summed E-state index contributed by atoms with van der Waals surface area (Å²) in [6, 6.07) is 3.91. The summed E-state index contributed by atoms with van der Waals surface area (Å²) >= 11 is 0. The molecule has 1 atom stereocenters. The number of hydrogen-bond acceptors (Lipinski definition) is 3. The van der Waals surface area contributed by atoms with Crippen LogP contribution in [0.15, 0.2) is 18.3 Å². The van der Waals surface area contributed by atoms with Crippen molar-refractivity contribution in [2.24, 2.45) is 0 Å². The maximum Gasteiger partial charge on any atom is 2.00 e. The van der Waals surface area contributed by atoms with E-state index in [4.69, 9.17) is 9.47 Å². The number of ether oxygens (including phenoxy) is 2. The third kappa shape index (κ3) is 4.12. The molecule has 1 unspecified atom stereocenters. The van der Waals surface area contributed by atoms with Gasteiger partial charge in [0.1, 0.15) is 0 Å². The van der Waals surface area contributed by atoms with Crippen molar-refractivity contribution < 1.29 is 45.9 Å². The molecule has 1 saturated heterocycles. The Morgan fingerprint density at radius 2 is 2.38 bits per heavy atom. The van der Waals surface area contributed by atoms with E-state index in [9.17, 15) is 0 Å². The first kappa shape index (κ1) is 16.0. The number of hydrogen-bond donors (Lipinski definition) is 0. The Hall–Kier alpha value is 0.0134. The van der Waals surface area contributed by atoms with E-state index in [1.54, 1.807) is 13.3 Å². The number of nitrogens with zero attached hydrogens (tertiary/aromatic N) is 1. The fourth-order valence-corrected chi connectivity index (χ4v) is 1.60. The van der Waals surface area contributed by atoms with Gasteiger partial charge in [-0.25, -0.2) is 4.98 Å². The first-order valence-corrected chi connectivity index (χ1v) is 4.83. The van der Waals surface area contributed by atoms with Crippen molar-refractivity contribution in [2.75, 3.05) is 13.7 Å².